The lowest BCUT2D eigenvalue weighted by atomic mass is 9.89. The molecular weight excluding hydrogens is 298 g/mol. The van der Waals surface area contributed by atoms with Gasteiger partial charge in [0, 0.05) is 11.0 Å². The third-order valence-electron chi connectivity index (χ3n) is 4.37. The number of benzene rings is 1. The largest absolute Gasteiger partial charge is 0.384 e. The quantitative estimate of drug-likeness (QED) is 0.832. The zero-order valence-corrected chi connectivity index (χ0v) is 12.1. The Morgan fingerprint density at radius 3 is 2.88 bits per heavy atom. The lowest BCUT2D eigenvalue weighted by Gasteiger charge is -2.22. The minimum atomic E-state index is 0.816. The fourth-order valence-corrected chi connectivity index (χ4v) is 4.05. The van der Waals surface area contributed by atoms with Crippen LogP contribution >= 0.6 is 27.5 Å². The number of fused-ring (bicyclic) bond motifs is 2. The Labute approximate surface area is 116 Å². The summed E-state index contributed by atoms with van der Waals surface area (Å²) >= 11 is 9.66. The van der Waals surface area contributed by atoms with Crippen LogP contribution in [0.25, 0.3) is 0 Å². The molecule has 2 aliphatic rings. The highest BCUT2D eigenvalue weighted by molar-refractivity contribution is 9.10. The van der Waals surface area contributed by atoms with Crippen molar-refractivity contribution in [2.24, 2.45) is 17.8 Å². The highest BCUT2D eigenvalue weighted by Gasteiger charge is 2.39. The summed E-state index contributed by atoms with van der Waals surface area (Å²) in [5, 5.41) is 4.33. The van der Waals surface area contributed by atoms with Crippen LogP contribution in [0.1, 0.15) is 25.7 Å². The van der Waals surface area contributed by atoms with Crippen molar-refractivity contribution in [3.05, 3.63) is 27.7 Å². The molecule has 1 aromatic rings. The van der Waals surface area contributed by atoms with E-state index in [1.807, 2.05) is 12.1 Å². The third-order valence-corrected chi connectivity index (χ3v) is 5.19. The van der Waals surface area contributed by atoms with Gasteiger partial charge < -0.3 is 5.32 Å². The minimum absolute atomic E-state index is 0.816. The van der Waals surface area contributed by atoms with Gasteiger partial charge in [-0.2, -0.15) is 0 Å². The molecule has 92 valence electrons. The molecule has 3 unspecified atom stereocenters. The fourth-order valence-electron chi connectivity index (χ4n) is 3.50. The normalized spacial score (nSPS) is 30.8. The van der Waals surface area contributed by atoms with Crippen LogP contribution < -0.4 is 5.32 Å². The maximum atomic E-state index is 6.18. The Bertz CT molecular complexity index is 421. The molecule has 2 saturated carbocycles. The maximum Gasteiger partial charge on any atom is 0.0638 e. The van der Waals surface area contributed by atoms with Gasteiger partial charge in [-0.3, -0.25) is 0 Å². The summed E-state index contributed by atoms with van der Waals surface area (Å²) in [6.07, 6.45) is 5.81. The average molecular weight is 315 g/mol. The van der Waals surface area contributed by atoms with Crippen molar-refractivity contribution in [2.45, 2.75) is 25.7 Å². The molecule has 1 nitrogen and oxygen atoms in total. The summed E-state index contributed by atoms with van der Waals surface area (Å²) in [6, 6.07) is 5.98. The second-order valence-electron chi connectivity index (χ2n) is 5.44. The van der Waals surface area contributed by atoms with Gasteiger partial charge >= 0.3 is 0 Å². The summed E-state index contributed by atoms with van der Waals surface area (Å²) in [6.45, 7) is 1.08. The van der Waals surface area contributed by atoms with Crippen molar-refractivity contribution in [2.75, 3.05) is 11.9 Å². The van der Waals surface area contributed by atoms with Gasteiger partial charge in [-0.1, -0.05) is 34.0 Å². The predicted molar refractivity (Wildman–Crippen MR) is 76.6 cm³/mol. The fraction of sp³-hybridized carbons (Fsp3) is 0.571. The highest BCUT2D eigenvalue weighted by atomic mass is 79.9. The maximum absolute atomic E-state index is 6.18. The molecule has 2 fully saturated rings. The Morgan fingerprint density at radius 1 is 1.29 bits per heavy atom. The first-order valence-corrected chi connectivity index (χ1v) is 7.58. The average Bonchev–Trinajstić information content (AvgIpc) is 2.92. The van der Waals surface area contributed by atoms with Gasteiger partial charge in [0.25, 0.3) is 0 Å². The zero-order valence-electron chi connectivity index (χ0n) is 9.76. The molecule has 17 heavy (non-hydrogen) atoms. The van der Waals surface area contributed by atoms with Crippen molar-refractivity contribution in [3.63, 3.8) is 0 Å². The molecular formula is C14H17BrClN. The van der Waals surface area contributed by atoms with Crippen molar-refractivity contribution in [1.82, 2.24) is 0 Å². The molecule has 2 aliphatic carbocycles. The summed E-state index contributed by atoms with van der Waals surface area (Å²) in [5.41, 5.74) is 1.06. The third kappa shape index (κ3) is 2.48. The molecule has 2 bridgehead atoms. The van der Waals surface area contributed by atoms with Gasteiger partial charge in [0.05, 0.1) is 10.7 Å². The van der Waals surface area contributed by atoms with Crippen LogP contribution in [0.3, 0.4) is 0 Å². The lowest BCUT2D eigenvalue weighted by molar-refractivity contribution is 0.348. The predicted octanol–water partition coefficient (Wildman–Crippen LogP) is 4.95. The van der Waals surface area contributed by atoms with Gasteiger partial charge in [-0.05, 0) is 55.2 Å². The molecule has 3 rings (SSSR count). The molecule has 0 aromatic heterocycles. The van der Waals surface area contributed by atoms with Crippen LogP contribution in [0.2, 0.25) is 5.02 Å². The van der Waals surface area contributed by atoms with Crippen molar-refractivity contribution >= 4 is 33.2 Å². The molecule has 0 aliphatic heterocycles. The second-order valence-corrected chi connectivity index (χ2v) is 6.76. The smallest absolute Gasteiger partial charge is 0.0638 e. The summed E-state index contributed by atoms with van der Waals surface area (Å²) in [5.74, 6) is 2.85. The lowest BCUT2D eigenvalue weighted by Crippen LogP contribution is -2.20. The van der Waals surface area contributed by atoms with Crippen molar-refractivity contribution < 1.29 is 0 Å². The highest BCUT2D eigenvalue weighted by Crippen LogP contribution is 2.48. The Kier molecular flexibility index (Phi) is 3.36. The van der Waals surface area contributed by atoms with Crippen LogP contribution in [0.15, 0.2) is 22.7 Å². The molecule has 3 heteroatoms. The summed E-state index contributed by atoms with van der Waals surface area (Å²) < 4.78 is 1.08. The molecule has 0 amide bonds. The molecule has 0 radical (unpaired) electrons. The van der Waals surface area contributed by atoms with E-state index in [1.165, 1.54) is 25.7 Å². The Morgan fingerprint density at radius 2 is 2.18 bits per heavy atom. The van der Waals surface area contributed by atoms with Gasteiger partial charge in [0.15, 0.2) is 0 Å². The monoisotopic (exact) mass is 313 g/mol. The summed E-state index contributed by atoms with van der Waals surface area (Å²) in [7, 11) is 0. The van der Waals surface area contributed by atoms with E-state index < -0.39 is 0 Å². The number of halogens is 2. The van der Waals surface area contributed by atoms with Crippen LogP contribution in [0.4, 0.5) is 5.69 Å². The minimum Gasteiger partial charge on any atom is -0.384 e. The Balaban J connectivity index is 1.62. The first-order valence-electron chi connectivity index (χ1n) is 6.41. The van der Waals surface area contributed by atoms with E-state index in [4.69, 9.17) is 11.6 Å². The number of hydrogen-bond acceptors (Lipinski definition) is 1. The van der Waals surface area contributed by atoms with E-state index in [0.29, 0.717) is 0 Å². The molecule has 0 heterocycles. The van der Waals surface area contributed by atoms with Gasteiger partial charge in [-0.25, -0.2) is 0 Å². The first-order chi connectivity index (χ1) is 8.22. The first kappa shape index (κ1) is 11.9. The second kappa shape index (κ2) is 4.81. The van der Waals surface area contributed by atoms with Gasteiger partial charge in [-0.15, -0.1) is 0 Å². The molecule has 0 spiro atoms. The van der Waals surface area contributed by atoms with E-state index in [-0.39, 0.29) is 0 Å². The van der Waals surface area contributed by atoms with E-state index >= 15 is 0 Å². The van der Waals surface area contributed by atoms with Crippen LogP contribution in [0.5, 0.6) is 0 Å². The van der Waals surface area contributed by atoms with E-state index in [0.717, 1.165) is 39.5 Å². The number of nitrogens with one attached hydrogen (secondary N) is 1. The van der Waals surface area contributed by atoms with Crippen molar-refractivity contribution in [3.8, 4) is 0 Å². The molecule has 1 aromatic carbocycles. The van der Waals surface area contributed by atoms with Crippen LogP contribution in [-0.2, 0) is 0 Å². The standard InChI is InChI=1S/C14H17BrClN/c15-12-3-4-13(16)14(7-12)17-8-11-6-9-1-2-10(11)5-9/h3-4,7,9-11,17H,1-2,5-6,8H2. The summed E-state index contributed by atoms with van der Waals surface area (Å²) in [4.78, 5) is 0. The van der Waals surface area contributed by atoms with Crippen LogP contribution in [0, 0.1) is 17.8 Å². The number of hydrogen-bond donors (Lipinski definition) is 1. The van der Waals surface area contributed by atoms with Gasteiger partial charge in [0.1, 0.15) is 0 Å². The van der Waals surface area contributed by atoms with Gasteiger partial charge in [0.2, 0.25) is 0 Å². The molecule has 3 atom stereocenters. The van der Waals surface area contributed by atoms with E-state index in [9.17, 15) is 0 Å². The van der Waals surface area contributed by atoms with E-state index in [1.54, 1.807) is 0 Å². The molecule has 1 N–H and O–H groups in total. The zero-order chi connectivity index (χ0) is 11.8. The van der Waals surface area contributed by atoms with Crippen molar-refractivity contribution in [1.29, 1.82) is 0 Å². The molecule has 0 saturated heterocycles. The number of rotatable bonds is 3. The van der Waals surface area contributed by atoms with E-state index in [2.05, 4.69) is 27.3 Å². The SMILES string of the molecule is Clc1ccc(Br)cc1NCC1CC2CCC1C2. The topological polar surface area (TPSA) is 12.0 Å². The Hall–Kier alpha value is -0.210. The van der Waals surface area contributed by atoms with Crippen LogP contribution in [-0.4, -0.2) is 6.54 Å². The number of anilines is 1.